The van der Waals surface area contributed by atoms with Gasteiger partial charge in [0.15, 0.2) is 9.84 Å². The molecule has 0 saturated heterocycles. The average molecular weight is 342 g/mol. The molecule has 1 unspecified atom stereocenters. The van der Waals surface area contributed by atoms with Crippen LogP contribution in [-0.2, 0) is 9.84 Å². The Hall–Kier alpha value is -1.23. The molecule has 0 spiro atoms. The van der Waals surface area contributed by atoms with Crippen LogP contribution in [0.1, 0.15) is 18.0 Å². The lowest BCUT2D eigenvalue weighted by Gasteiger charge is -2.27. The summed E-state index contributed by atoms with van der Waals surface area (Å²) in [6.45, 7) is 0. The first-order chi connectivity index (χ1) is 9.99. The summed E-state index contributed by atoms with van der Waals surface area (Å²) in [5.41, 5.74) is 1.40. The van der Waals surface area contributed by atoms with Crippen molar-refractivity contribution >= 4 is 38.7 Å². The fraction of sp³-hybridized carbons (Fsp3) is 0.200. The first kappa shape index (κ1) is 14.7. The molecule has 0 saturated carbocycles. The quantitative estimate of drug-likeness (QED) is 0.884. The van der Waals surface area contributed by atoms with Gasteiger partial charge in [-0.1, -0.05) is 47.5 Å². The van der Waals surface area contributed by atoms with Crippen LogP contribution in [0.25, 0.3) is 0 Å². The van der Waals surface area contributed by atoms with Gasteiger partial charge in [0.2, 0.25) is 0 Å². The van der Waals surface area contributed by atoms with Crippen LogP contribution in [0.3, 0.4) is 0 Å². The third-order valence-corrected chi connectivity index (χ3v) is 6.03. The van der Waals surface area contributed by atoms with E-state index in [2.05, 4.69) is 5.32 Å². The van der Waals surface area contributed by atoms with Crippen LogP contribution in [0.2, 0.25) is 10.0 Å². The average Bonchev–Trinajstić information content (AvgIpc) is 2.45. The van der Waals surface area contributed by atoms with E-state index < -0.39 is 9.84 Å². The minimum Gasteiger partial charge on any atom is -0.376 e. The van der Waals surface area contributed by atoms with E-state index in [9.17, 15) is 8.42 Å². The van der Waals surface area contributed by atoms with Crippen LogP contribution in [0.15, 0.2) is 47.4 Å². The zero-order valence-corrected chi connectivity index (χ0v) is 13.3. The molecule has 1 aliphatic heterocycles. The van der Waals surface area contributed by atoms with Gasteiger partial charge in [-0.25, -0.2) is 8.42 Å². The molecular weight excluding hydrogens is 329 g/mol. The number of fused-ring (bicyclic) bond motifs is 1. The standard InChI is InChI=1S/C15H13Cl2NO2S/c16-11-5-3-6-12(17)15(11)18-13-8-9-21(19,20)14-7-2-1-4-10(13)14/h1-7,13,18H,8-9H2. The second-order valence-electron chi connectivity index (χ2n) is 4.94. The first-order valence-corrected chi connectivity index (χ1v) is 8.92. The Morgan fingerprint density at radius 2 is 1.67 bits per heavy atom. The van der Waals surface area contributed by atoms with Crippen LogP contribution in [0.4, 0.5) is 5.69 Å². The number of nitrogens with one attached hydrogen (secondary N) is 1. The maximum atomic E-state index is 12.1. The lowest BCUT2D eigenvalue weighted by atomic mass is 10.0. The Bertz CT molecular complexity index is 770. The van der Waals surface area contributed by atoms with E-state index in [-0.39, 0.29) is 11.8 Å². The first-order valence-electron chi connectivity index (χ1n) is 6.51. The molecule has 110 valence electrons. The van der Waals surface area contributed by atoms with Gasteiger partial charge in [-0.2, -0.15) is 0 Å². The van der Waals surface area contributed by atoms with Crippen molar-refractivity contribution in [1.82, 2.24) is 0 Å². The largest absolute Gasteiger partial charge is 0.376 e. The summed E-state index contributed by atoms with van der Waals surface area (Å²) in [6, 6.07) is 12.2. The topological polar surface area (TPSA) is 46.2 Å². The van der Waals surface area contributed by atoms with E-state index in [1.165, 1.54) is 0 Å². The summed E-state index contributed by atoms with van der Waals surface area (Å²) in [7, 11) is -3.19. The Labute approximate surface area is 133 Å². The SMILES string of the molecule is O=S1(=O)CCC(Nc2c(Cl)cccc2Cl)c2ccccc21. The van der Waals surface area contributed by atoms with Crippen LogP contribution >= 0.6 is 23.2 Å². The van der Waals surface area contributed by atoms with Gasteiger partial charge < -0.3 is 5.32 Å². The molecule has 1 atom stereocenters. The molecule has 0 bridgehead atoms. The molecule has 0 amide bonds. The normalized spacial score (nSPS) is 19.8. The molecule has 6 heteroatoms. The van der Waals surface area contributed by atoms with Crippen molar-refractivity contribution in [3.63, 3.8) is 0 Å². The van der Waals surface area contributed by atoms with Crippen LogP contribution in [-0.4, -0.2) is 14.2 Å². The Balaban J connectivity index is 2.02. The molecule has 21 heavy (non-hydrogen) atoms. The van der Waals surface area contributed by atoms with Gasteiger partial charge in [-0.15, -0.1) is 0 Å². The lowest BCUT2D eigenvalue weighted by Crippen LogP contribution is -2.24. The van der Waals surface area contributed by atoms with Crippen molar-refractivity contribution in [2.24, 2.45) is 0 Å². The lowest BCUT2D eigenvalue weighted by molar-refractivity contribution is 0.576. The van der Waals surface area contributed by atoms with E-state index in [0.717, 1.165) is 5.56 Å². The molecule has 0 radical (unpaired) electrons. The second kappa shape index (κ2) is 5.52. The molecule has 3 nitrogen and oxygen atoms in total. The van der Waals surface area contributed by atoms with Crippen molar-refractivity contribution in [2.45, 2.75) is 17.4 Å². The minimum atomic E-state index is -3.19. The fourth-order valence-electron chi connectivity index (χ4n) is 2.55. The van der Waals surface area contributed by atoms with Crippen molar-refractivity contribution in [2.75, 3.05) is 11.1 Å². The zero-order chi connectivity index (χ0) is 15.0. The summed E-state index contributed by atoms with van der Waals surface area (Å²) in [4.78, 5) is 0.386. The number of hydrogen-bond acceptors (Lipinski definition) is 3. The molecule has 0 aromatic heterocycles. The Morgan fingerprint density at radius 1 is 1.00 bits per heavy atom. The van der Waals surface area contributed by atoms with E-state index in [4.69, 9.17) is 23.2 Å². The molecule has 1 N–H and O–H groups in total. The predicted octanol–water partition coefficient (Wildman–Crippen LogP) is 4.32. The molecule has 2 aromatic carbocycles. The van der Waals surface area contributed by atoms with Crippen molar-refractivity contribution < 1.29 is 8.42 Å². The molecule has 3 rings (SSSR count). The van der Waals surface area contributed by atoms with E-state index in [1.807, 2.05) is 12.1 Å². The summed E-state index contributed by atoms with van der Waals surface area (Å²) in [5.74, 6) is 0.115. The predicted molar refractivity (Wildman–Crippen MR) is 85.9 cm³/mol. The van der Waals surface area contributed by atoms with E-state index >= 15 is 0 Å². The van der Waals surface area contributed by atoms with Gasteiger partial charge in [0.25, 0.3) is 0 Å². The van der Waals surface area contributed by atoms with Gasteiger partial charge in [0.05, 0.1) is 32.4 Å². The fourth-order valence-corrected chi connectivity index (χ4v) is 4.68. The Kier molecular flexibility index (Phi) is 3.86. The van der Waals surface area contributed by atoms with Crippen LogP contribution in [0.5, 0.6) is 0 Å². The monoisotopic (exact) mass is 341 g/mol. The third-order valence-electron chi connectivity index (χ3n) is 3.59. The number of hydrogen-bond donors (Lipinski definition) is 1. The number of para-hydroxylation sites is 1. The summed E-state index contributed by atoms with van der Waals surface area (Å²) < 4.78 is 24.2. The van der Waals surface area contributed by atoms with Gasteiger partial charge in [-0.05, 0) is 30.2 Å². The van der Waals surface area contributed by atoms with Crippen LogP contribution in [0, 0.1) is 0 Å². The van der Waals surface area contributed by atoms with Gasteiger partial charge in [-0.3, -0.25) is 0 Å². The maximum absolute atomic E-state index is 12.1. The highest BCUT2D eigenvalue weighted by Crippen LogP contribution is 2.38. The number of anilines is 1. The van der Waals surface area contributed by atoms with Crippen molar-refractivity contribution in [3.8, 4) is 0 Å². The number of sulfone groups is 1. The summed E-state index contributed by atoms with van der Waals surface area (Å²) in [5, 5.41) is 4.33. The Morgan fingerprint density at radius 3 is 2.38 bits per heavy atom. The number of benzene rings is 2. The second-order valence-corrected chi connectivity index (χ2v) is 7.83. The minimum absolute atomic E-state index is 0.115. The highest BCUT2D eigenvalue weighted by Gasteiger charge is 2.30. The number of rotatable bonds is 2. The number of halogens is 2. The molecule has 1 aliphatic rings. The molecule has 2 aromatic rings. The third kappa shape index (κ3) is 2.76. The zero-order valence-electron chi connectivity index (χ0n) is 11.0. The summed E-state index contributed by atoms with van der Waals surface area (Å²) >= 11 is 12.3. The molecule has 0 fully saturated rings. The van der Waals surface area contributed by atoms with Gasteiger partial charge in [0.1, 0.15) is 0 Å². The molecular formula is C15H13Cl2NO2S. The smallest absolute Gasteiger partial charge is 0.178 e. The van der Waals surface area contributed by atoms with Crippen LogP contribution < -0.4 is 5.32 Å². The van der Waals surface area contributed by atoms with Gasteiger partial charge >= 0.3 is 0 Å². The highest BCUT2D eigenvalue weighted by molar-refractivity contribution is 7.91. The van der Waals surface area contributed by atoms with Crippen molar-refractivity contribution in [3.05, 3.63) is 58.1 Å². The highest BCUT2D eigenvalue weighted by atomic mass is 35.5. The van der Waals surface area contributed by atoms with Crippen molar-refractivity contribution in [1.29, 1.82) is 0 Å². The van der Waals surface area contributed by atoms with E-state index in [1.54, 1.807) is 30.3 Å². The van der Waals surface area contributed by atoms with Gasteiger partial charge in [0, 0.05) is 0 Å². The summed E-state index contributed by atoms with van der Waals surface area (Å²) in [6.07, 6.45) is 0.487. The molecule has 0 aliphatic carbocycles. The van der Waals surface area contributed by atoms with E-state index in [0.29, 0.717) is 27.0 Å². The maximum Gasteiger partial charge on any atom is 0.178 e. The molecule has 1 heterocycles.